The van der Waals surface area contributed by atoms with Gasteiger partial charge in [-0.05, 0) is 12.8 Å². The molecular weight excluding hydrogens is 841 g/mol. The van der Waals surface area contributed by atoms with Crippen LogP contribution in [0.5, 0.6) is 0 Å². The van der Waals surface area contributed by atoms with Crippen LogP contribution in [0, 0.1) is 0 Å². The average molecular weight is 856 g/mol. The summed E-state index contributed by atoms with van der Waals surface area (Å²) in [6.07, 6.45) is -46.8. The molecule has 0 aromatic carbocycles. The number of rotatable bonds is 11. The van der Waals surface area contributed by atoms with Crippen molar-refractivity contribution in [2.45, 2.75) is 134 Å². The highest BCUT2D eigenvalue weighted by Crippen LogP contribution is 2.67. The van der Waals surface area contributed by atoms with Crippen LogP contribution >= 0.6 is 0 Å². The monoisotopic (exact) mass is 856 g/mol. The normalized spacial score (nSPS) is 23.5. The van der Waals surface area contributed by atoms with E-state index in [2.05, 4.69) is 9.47 Å². The summed E-state index contributed by atoms with van der Waals surface area (Å²) in [5.41, 5.74) is -8.60. The molecule has 2 aliphatic rings. The van der Waals surface area contributed by atoms with Crippen LogP contribution in [0.4, 0.5) is 119 Å². The van der Waals surface area contributed by atoms with Crippen LogP contribution in [0.2, 0.25) is 0 Å². The van der Waals surface area contributed by atoms with E-state index in [1.165, 1.54) is 0 Å². The Kier molecular flexibility index (Phi) is 11.1. The van der Waals surface area contributed by atoms with Crippen molar-refractivity contribution >= 4 is 0 Å². The van der Waals surface area contributed by atoms with Gasteiger partial charge in [-0.1, -0.05) is 6.42 Å². The van der Waals surface area contributed by atoms with Gasteiger partial charge in [0.25, 0.3) is 0 Å². The minimum atomic E-state index is -9.24. The fourth-order valence-corrected chi connectivity index (χ4v) is 5.08. The van der Waals surface area contributed by atoms with Gasteiger partial charge in [-0.15, -0.1) is 0 Å². The van der Waals surface area contributed by atoms with Crippen LogP contribution in [-0.4, -0.2) is 112 Å². The maximum Gasteiger partial charge on any atom is 0.460 e. The molecule has 1 aliphatic carbocycles. The van der Waals surface area contributed by atoms with E-state index in [9.17, 15) is 111 Å². The molecule has 4 nitrogen and oxygen atoms in total. The fraction of sp³-hybridized carbons (Fsp3) is 1.00. The van der Waals surface area contributed by atoms with Gasteiger partial charge in [0.1, 0.15) is 12.2 Å². The van der Waals surface area contributed by atoms with Gasteiger partial charge in [-0.3, -0.25) is 0 Å². The molecule has 0 aromatic rings. The lowest BCUT2D eigenvalue weighted by Gasteiger charge is -2.51. The van der Waals surface area contributed by atoms with Crippen molar-refractivity contribution in [1.82, 2.24) is 0 Å². The Morgan fingerprint density at radius 2 is 0.717 bits per heavy atom. The lowest BCUT2D eigenvalue weighted by atomic mass is 9.72. The maximum atomic E-state index is 15.4. The van der Waals surface area contributed by atoms with Crippen LogP contribution in [0.1, 0.15) is 32.1 Å². The molecule has 0 unspecified atom stereocenters. The first-order chi connectivity index (χ1) is 22.8. The summed E-state index contributed by atoms with van der Waals surface area (Å²) in [5.74, 6) is -82.7. The highest BCUT2D eigenvalue weighted by molar-refractivity contribution is 5.25. The number of aliphatic hydroxyl groups is 2. The smallest absolute Gasteiger partial charge is 0.384 e. The summed E-state index contributed by atoms with van der Waals surface area (Å²) in [5, 5.41) is 20.1. The van der Waals surface area contributed by atoms with Crippen LogP contribution < -0.4 is 0 Å². The Hall–Kier alpha value is -2.05. The number of ether oxygens (including phenoxy) is 2. The van der Waals surface area contributed by atoms with Gasteiger partial charge in [-0.25, -0.2) is 0 Å². The zero-order chi connectivity index (χ0) is 42.7. The van der Waals surface area contributed by atoms with Crippen molar-refractivity contribution < 1.29 is 138 Å². The van der Waals surface area contributed by atoms with Gasteiger partial charge in [0.05, 0.1) is 0 Å². The molecule has 31 heteroatoms. The number of alkyl halides is 27. The van der Waals surface area contributed by atoms with E-state index < -0.39 is 127 Å². The minimum Gasteiger partial charge on any atom is -0.384 e. The number of hydrogen-bond acceptors (Lipinski definition) is 4. The predicted molar refractivity (Wildman–Crippen MR) is 109 cm³/mol. The Balaban J connectivity index is 3.23. The molecule has 1 heterocycles. The first-order valence-electron chi connectivity index (χ1n) is 13.2. The zero-order valence-corrected chi connectivity index (χ0v) is 24.2. The second kappa shape index (κ2) is 12.5. The molecule has 0 amide bonds. The Morgan fingerprint density at radius 1 is 0.415 bits per heavy atom. The predicted octanol–water partition coefficient (Wildman–Crippen LogP) is 8.93. The van der Waals surface area contributed by atoms with Crippen molar-refractivity contribution in [2.75, 3.05) is 0 Å². The number of aliphatic hydroxyl groups excluding tert-OH is 1. The molecule has 1 saturated heterocycles. The van der Waals surface area contributed by atoms with Crippen molar-refractivity contribution in [3.8, 4) is 0 Å². The quantitative estimate of drug-likeness (QED) is 0.204. The number of hydrogen-bond donors (Lipinski definition) is 2. The first-order valence-corrected chi connectivity index (χ1v) is 13.2. The van der Waals surface area contributed by atoms with E-state index in [0.29, 0.717) is 0 Å². The van der Waals surface area contributed by atoms with E-state index in [-0.39, 0.29) is 6.42 Å². The molecule has 0 bridgehead atoms. The average Bonchev–Trinajstić information content (AvgIpc) is 3.32. The molecule has 0 radical (unpaired) electrons. The Bertz CT molecular complexity index is 1270. The van der Waals surface area contributed by atoms with Crippen molar-refractivity contribution in [2.24, 2.45) is 0 Å². The van der Waals surface area contributed by atoms with Crippen LogP contribution in [-0.2, 0) is 9.47 Å². The first kappa shape index (κ1) is 47.1. The van der Waals surface area contributed by atoms with Crippen LogP contribution in [0.15, 0.2) is 0 Å². The lowest BCUT2D eigenvalue weighted by Crippen LogP contribution is -2.83. The van der Waals surface area contributed by atoms with Gasteiger partial charge in [0, 0.05) is 12.8 Å². The molecule has 1 aliphatic heterocycles. The van der Waals surface area contributed by atoms with E-state index in [4.69, 9.17) is 0 Å². The maximum absolute atomic E-state index is 15.4. The summed E-state index contributed by atoms with van der Waals surface area (Å²) in [6.45, 7) is 0. The minimum absolute atomic E-state index is 0.333. The van der Waals surface area contributed by atoms with Crippen LogP contribution in [0.3, 0.4) is 0 Å². The van der Waals surface area contributed by atoms with Crippen molar-refractivity contribution in [1.29, 1.82) is 0 Å². The summed E-state index contributed by atoms with van der Waals surface area (Å²) in [7, 11) is 0. The molecule has 2 fully saturated rings. The number of halogens is 27. The van der Waals surface area contributed by atoms with E-state index in [0.717, 1.165) is 0 Å². The largest absolute Gasteiger partial charge is 0.460 e. The molecule has 53 heavy (non-hydrogen) atoms. The SMILES string of the molecule is O[C@@H]([C@@H]1OC2(CCCCC2)O[C@H]1C(O)(C(F)(F)C(F)(F)C(F)(F)C(F)(F)F)C(F)(F)C(F)(F)C(F)(F)C(F)(F)F)C(F)(F)C(F)(F)C(F)(F)C(F)(F)F. The fourth-order valence-electron chi connectivity index (χ4n) is 5.08. The second-order valence-electron chi connectivity index (χ2n) is 11.5. The Labute approximate surface area is 273 Å². The van der Waals surface area contributed by atoms with E-state index in [1.807, 2.05) is 0 Å². The second-order valence-corrected chi connectivity index (χ2v) is 11.5. The summed E-state index contributed by atoms with van der Waals surface area (Å²) in [6, 6.07) is 0. The third-order valence-corrected chi connectivity index (χ3v) is 8.12. The molecule has 316 valence electrons. The molecule has 3 atom stereocenters. The lowest BCUT2D eigenvalue weighted by molar-refractivity contribution is -0.476. The van der Waals surface area contributed by atoms with Gasteiger partial charge < -0.3 is 19.7 Å². The Morgan fingerprint density at radius 3 is 1.02 bits per heavy atom. The summed E-state index contributed by atoms with van der Waals surface area (Å²) >= 11 is 0. The zero-order valence-electron chi connectivity index (χ0n) is 24.2. The molecule has 2 N–H and O–H groups in total. The van der Waals surface area contributed by atoms with E-state index in [1.54, 1.807) is 0 Å². The molecule has 1 spiro atoms. The van der Waals surface area contributed by atoms with Crippen LogP contribution in [0.25, 0.3) is 0 Å². The standard InChI is InChI=1S/C22H15F27O4/c23-11(24,14(29,30)17(35,36)20(41,42)43)7(50)6-8(53-9(52-6)4-2-1-3-5-9)10(51,12(25,26)15(31,32)18(37,38)21(44,45)46)13(27,28)16(33,34)19(39,40)22(47,48)49/h6-8,50-51H,1-5H2/t6-,7-,8+/m0/s1. The summed E-state index contributed by atoms with van der Waals surface area (Å²) < 4.78 is 382. The highest BCUT2D eigenvalue weighted by Gasteiger charge is 2.97. The van der Waals surface area contributed by atoms with Gasteiger partial charge in [0.15, 0.2) is 11.9 Å². The topological polar surface area (TPSA) is 58.9 Å². The van der Waals surface area contributed by atoms with E-state index >= 15 is 17.6 Å². The van der Waals surface area contributed by atoms with Crippen molar-refractivity contribution in [3.05, 3.63) is 0 Å². The molecule has 1 saturated carbocycles. The molecule has 0 aromatic heterocycles. The molecule has 2 rings (SSSR count). The van der Waals surface area contributed by atoms with Crippen molar-refractivity contribution in [3.63, 3.8) is 0 Å². The van der Waals surface area contributed by atoms with Gasteiger partial charge in [0.2, 0.25) is 5.60 Å². The molecular formula is C22H15F27O4. The highest BCUT2D eigenvalue weighted by atomic mass is 19.4. The third kappa shape index (κ3) is 6.12. The third-order valence-electron chi connectivity index (χ3n) is 8.12. The van der Waals surface area contributed by atoms with Gasteiger partial charge >= 0.3 is 71.8 Å². The van der Waals surface area contributed by atoms with Gasteiger partial charge in [-0.2, -0.15) is 119 Å². The summed E-state index contributed by atoms with van der Waals surface area (Å²) in [4.78, 5) is 0.